The Hall–Kier alpha value is -2.22. The molecule has 2 aromatic rings. The molecule has 1 unspecified atom stereocenters. The normalized spacial score (nSPS) is 12.7. The highest BCUT2D eigenvalue weighted by Crippen LogP contribution is 2.27. The standard InChI is InChI=1S/C14H14BrN3O4/c1-14(2,13(20)21)11(19)12(18-8-16-7-17-18)22-10-5-3-9(15)4-6-10/h3-8,12H,1-2H3,(H,20,21). The van der Waals surface area contributed by atoms with E-state index in [0.717, 1.165) is 4.47 Å². The van der Waals surface area contributed by atoms with Crippen molar-refractivity contribution in [3.8, 4) is 5.75 Å². The lowest BCUT2D eigenvalue weighted by Gasteiger charge is -2.25. The molecule has 22 heavy (non-hydrogen) atoms. The fourth-order valence-electron chi connectivity index (χ4n) is 1.62. The van der Waals surface area contributed by atoms with E-state index in [-0.39, 0.29) is 0 Å². The van der Waals surface area contributed by atoms with Crippen molar-refractivity contribution in [1.82, 2.24) is 14.8 Å². The van der Waals surface area contributed by atoms with Crippen molar-refractivity contribution in [2.45, 2.75) is 20.1 Å². The van der Waals surface area contributed by atoms with Crippen molar-refractivity contribution >= 4 is 27.7 Å². The quantitative estimate of drug-likeness (QED) is 0.787. The molecule has 2 rings (SSSR count). The molecule has 1 atom stereocenters. The number of nitrogens with zero attached hydrogens (tertiary/aromatic N) is 3. The van der Waals surface area contributed by atoms with E-state index in [2.05, 4.69) is 26.0 Å². The molecule has 0 aliphatic heterocycles. The first-order valence-corrected chi connectivity index (χ1v) is 7.15. The van der Waals surface area contributed by atoms with Crippen LogP contribution in [0, 0.1) is 5.41 Å². The van der Waals surface area contributed by atoms with E-state index in [9.17, 15) is 14.7 Å². The van der Waals surface area contributed by atoms with Gasteiger partial charge in [-0.25, -0.2) is 9.67 Å². The van der Waals surface area contributed by atoms with E-state index in [0.29, 0.717) is 5.75 Å². The summed E-state index contributed by atoms with van der Waals surface area (Å²) in [6.45, 7) is 2.65. The van der Waals surface area contributed by atoms with Gasteiger partial charge in [0.25, 0.3) is 6.23 Å². The molecule has 0 aliphatic carbocycles. The summed E-state index contributed by atoms with van der Waals surface area (Å²) in [5.74, 6) is -1.45. The van der Waals surface area contributed by atoms with Gasteiger partial charge in [0.15, 0.2) is 0 Å². The first-order chi connectivity index (χ1) is 10.3. The van der Waals surface area contributed by atoms with Crippen LogP contribution in [-0.2, 0) is 9.59 Å². The lowest BCUT2D eigenvalue weighted by Crippen LogP contribution is -2.41. The fourth-order valence-corrected chi connectivity index (χ4v) is 1.89. The van der Waals surface area contributed by atoms with Crippen molar-refractivity contribution in [2.75, 3.05) is 0 Å². The minimum atomic E-state index is -1.62. The number of ketones is 1. The maximum atomic E-state index is 12.6. The van der Waals surface area contributed by atoms with E-state index in [1.54, 1.807) is 24.3 Å². The summed E-state index contributed by atoms with van der Waals surface area (Å²) in [6.07, 6.45) is 1.34. The van der Waals surface area contributed by atoms with Gasteiger partial charge in [0.2, 0.25) is 5.78 Å². The minimum absolute atomic E-state index is 0.415. The molecule has 0 saturated carbocycles. The van der Waals surface area contributed by atoms with E-state index >= 15 is 0 Å². The Morgan fingerprint density at radius 2 is 1.95 bits per heavy atom. The number of carboxylic acid groups (broad SMARTS) is 1. The van der Waals surface area contributed by atoms with Gasteiger partial charge in [-0.3, -0.25) is 9.59 Å². The Morgan fingerprint density at radius 1 is 1.32 bits per heavy atom. The lowest BCUT2D eigenvalue weighted by molar-refractivity contribution is -0.157. The third-order valence-corrected chi connectivity index (χ3v) is 3.64. The van der Waals surface area contributed by atoms with E-state index in [1.165, 1.54) is 31.2 Å². The van der Waals surface area contributed by atoms with Crippen LogP contribution in [0.4, 0.5) is 0 Å². The zero-order valence-corrected chi connectivity index (χ0v) is 13.5. The fraction of sp³-hybridized carbons (Fsp3) is 0.286. The molecule has 0 spiro atoms. The van der Waals surface area contributed by atoms with Crippen LogP contribution in [-0.4, -0.2) is 31.6 Å². The summed E-state index contributed by atoms with van der Waals surface area (Å²) in [5.41, 5.74) is -1.62. The van der Waals surface area contributed by atoms with Crippen molar-refractivity contribution in [2.24, 2.45) is 5.41 Å². The van der Waals surface area contributed by atoms with Crippen LogP contribution in [0.3, 0.4) is 0 Å². The van der Waals surface area contributed by atoms with Crippen LogP contribution in [0.2, 0.25) is 0 Å². The van der Waals surface area contributed by atoms with Crippen LogP contribution in [0.15, 0.2) is 41.4 Å². The molecular formula is C14H14BrN3O4. The first-order valence-electron chi connectivity index (χ1n) is 6.36. The smallest absolute Gasteiger partial charge is 0.316 e. The van der Waals surface area contributed by atoms with Crippen molar-refractivity contribution in [3.05, 3.63) is 41.4 Å². The summed E-state index contributed by atoms with van der Waals surface area (Å²) >= 11 is 3.30. The topological polar surface area (TPSA) is 94.3 Å². The summed E-state index contributed by atoms with van der Waals surface area (Å²) in [7, 11) is 0. The second-order valence-electron chi connectivity index (χ2n) is 5.09. The second-order valence-corrected chi connectivity index (χ2v) is 6.01. The zero-order chi connectivity index (χ0) is 16.3. The number of halogens is 1. The monoisotopic (exact) mass is 367 g/mol. The van der Waals surface area contributed by atoms with Crippen LogP contribution in [0.1, 0.15) is 20.1 Å². The molecule has 8 heteroatoms. The van der Waals surface area contributed by atoms with Gasteiger partial charge >= 0.3 is 5.97 Å². The Balaban J connectivity index is 2.34. The van der Waals surface area contributed by atoms with Gasteiger partial charge in [-0.2, -0.15) is 5.10 Å². The summed E-state index contributed by atoms with van der Waals surface area (Å²) in [5, 5.41) is 13.1. The number of Topliss-reactive ketones (excluding diaryl/α,β-unsaturated/α-hetero) is 1. The Morgan fingerprint density at radius 3 is 2.45 bits per heavy atom. The molecule has 1 aromatic carbocycles. The maximum Gasteiger partial charge on any atom is 0.316 e. The molecule has 0 bridgehead atoms. The van der Waals surface area contributed by atoms with Crippen molar-refractivity contribution in [1.29, 1.82) is 0 Å². The van der Waals surface area contributed by atoms with Crippen LogP contribution < -0.4 is 4.74 Å². The molecule has 0 saturated heterocycles. The average molecular weight is 368 g/mol. The highest BCUT2D eigenvalue weighted by Gasteiger charge is 2.42. The lowest BCUT2D eigenvalue weighted by atomic mass is 9.87. The third kappa shape index (κ3) is 3.33. The van der Waals surface area contributed by atoms with E-state index < -0.39 is 23.4 Å². The third-order valence-electron chi connectivity index (χ3n) is 3.11. The highest BCUT2D eigenvalue weighted by molar-refractivity contribution is 9.10. The van der Waals surface area contributed by atoms with Crippen molar-refractivity contribution < 1.29 is 19.4 Å². The summed E-state index contributed by atoms with van der Waals surface area (Å²) in [6, 6.07) is 6.82. The molecule has 1 aromatic heterocycles. The van der Waals surface area contributed by atoms with Crippen LogP contribution in [0.25, 0.3) is 0 Å². The maximum absolute atomic E-state index is 12.6. The number of hydrogen-bond acceptors (Lipinski definition) is 5. The number of carboxylic acids is 1. The molecule has 0 radical (unpaired) electrons. The van der Waals surface area contributed by atoms with Crippen molar-refractivity contribution in [3.63, 3.8) is 0 Å². The first kappa shape index (κ1) is 16.2. The number of benzene rings is 1. The van der Waals surface area contributed by atoms with Gasteiger partial charge in [0.1, 0.15) is 23.8 Å². The van der Waals surface area contributed by atoms with Gasteiger partial charge in [-0.1, -0.05) is 15.9 Å². The molecule has 116 valence electrons. The predicted molar refractivity (Wildman–Crippen MR) is 80.3 cm³/mol. The molecule has 0 aliphatic rings. The Kier molecular flexibility index (Phi) is 4.60. The van der Waals surface area contributed by atoms with E-state index in [1.807, 2.05) is 0 Å². The zero-order valence-electron chi connectivity index (χ0n) is 11.9. The molecule has 1 N–H and O–H groups in total. The number of hydrogen-bond donors (Lipinski definition) is 1. The molecule has 0 amide bonds. The summed E-state index contributed by atoms with van der Waals surface area (Å²) in [4.78, 5) is 27.7. The molecular weight excluding hydrogens is 354 g/mol. The SMILES string of the molecule is CC(C)(C(=O)O)C(=O)C(Oc1ccc(Br)cc1)n1cncn1. The Bertz CT molecular complexity index is 668. The Labute approximate surface area is 135 Å². The number of ether oxygens (including phenoxy) is 1. The number of rotatable bonds is 6. The van der Waals surface area contributed by atoms with Crippen LogP contribution in [0.5, 0.6) is 5.75 Å². The predicted octanol–water partition coefficient (Wildman–Crippen LogP) is 2.30. The molecule has 1 heterocycles. The van der Waals surface area contributed by atoms with Gasteiger partial charge < -0.3 is 9.84 Å². The van der Waals surface area contributed by atoms with Gasteiger partial charge in [-0.05, 0) is 38.1 Å². The van der Waals surface area contributed by atoms with Crippen LogP contribution >= 0.6 is 15.9 Å². The van der Waals surface area contributed by atoms with Gasteiger partial charge in [-0.15, -0.1) is 0 Å². The average Bonchev–Trinajstić information content (AvgIpc) is 2.99. The number of carbonyl (C=O) groups excluding carboxylic acids is 1. The highest BCUT2D eigenvalue weighted by atomic mass is 79.9. The largest absolute Gasteiger partial charge is 0.481 e. The van der Waals surface area contributed by atoms with E-state index in [4.69, 9.17) is 4.74 Å². The minimum Gasteiger partial charge on any atom is -0.481 e. The number of aromatic nitrogens is 3. The number of carbonyl (C=O) groups is 2. The second kappa shape index (κ2) is 6.27. The number of aliphatic carboxylic acids is 1. The van der Waals surface area contributed by atoms with Gasteiger partial charge in [0, 0.05) is 4.47 Å². The summed E-state index contributed by atoms with van der Waals surface area (Å²) < 4.78 is 7.68. The van der Waals surface area contributed by atoms with Gasteiger partial charge in [0.05, 0.1) is 0 Å². The molecule has 7 nitrogen and oxygen atoms in total. The molecule has 0 fully saturated rings.